The number of methoxy groups -OCH3 is 1. The molecular weight excluding hydrogens is 218 g/mol. The number of nitrogen functional groups attached to an aromatic ring is 1. The Bertz CT molecular complexity index is 376. The van der Waals surface area contributed by atoms with Crippen molar-refractivity contribution >= 4 is 11.9 Å². The standard InChI is InChI=1S/C11H19N5O/c1-3-8-4-6-16(7-5-8)10-13-9(12)14-11(15-10)17-2/h8H,3-7H2,1-2H3,(H2,12,13,14,15). The van der Waals surface area contributed by atoms with Crippen LogP contribution >= 0.6 is 0 Å². The molecular formula is C11H19N5O. The first kappa shape index (κ1) is 11.9. The van der Waals surface area contributed by atoms with Gasteiger partial charge in [0.1, 0.15) is 0 Å². The average molecular weight is 237 g/mol. The van der Waals surface area contributed by atoms with Crippen LogP contribution in [0.1, 0.15) is 26.2 Å². The lowest BCUT2D eigenvalue weighted by molar-refractivity contribution is 0.372. The van der Waals surface area contributed by atoms with E-state index in [1.54, 1.807) is 0 Å². The van der Waals surface area contributed by atoms with Crippen molar-refractivity contribution in [3.05, 3.63) is 0 Å². The lowest BCUT2D eigenvalue weighted by Gasteiger charge is -2.31. The summed E-state index contributed by atoms with van der Waals surface area (Å²) in [7, 11) is 1.53. The number of nitrogens with zero attached hydrogens (tertiary/aromatic N) is 4. The third kappa shape index (κ3) is 2.75. The maximum Gasteiger partial charge on any atom is 0.322 e. The molecule has 6 nitrogen and oxygen atoms in total. The summed E-state index contributed by atoms with van der Waals surface area (Å²) in [6, 6.07) is 0.283. The number of aromatic nitrogens is 3. The minimum absolute atomic E-state index is 0.212. The van der Waals surface area contributed by atoms with E-state index in [0.717, 1.165) is 19.0 Å². The zero-order chi connectivity index (χ0) is 12.3. The van der Waals surface area contributed by atoms with E-state index in [2.05, 4.69) is 26.8 Å². The van der Waals surface area contributed by atoms with Gasteiger partial charge in [-0.05, 0) is 18.8 Å². The fraction of sp³-hybridized carbons (Fsp3) is 0.727. The highest BCUT2D eigenvalue weighted by Crippen LogP contribution is 2.23. The number of hydrogen-bond acceptors (Lipinski definition) is 6. The van der Waals surface area contributed by atoms with Crippen LogP contribution in [0, 0.1) is 5.92 Å². The van der Waals surface area contributed by atoms with Crippen LogP contribution in [0.25, 0.3) is 0 Å². The highest BCUT2D eigenvalue weighted by Gasteiger charge is 2.20. The maximum atomic E-state index is 5.63. The first-order valence-electron chi connectivity index (χ1n) is 6.03. The maximum absolute atomic E-state index is 5.63. The van der Waals surface area contributed by atoms with Crippen LogP contribution in [0.4, 0.5) is 11.9 Å². The Morgan fingerprint density at radius 1 is 1.29 bits per heavy atom. The molecule has 0 aromatic carbocycles. The molecule has 1 aromatic rings. The topological polar surface area (TPSA) is 77.2 Å². The largest absolute Gasteiger partial charge is 0.467 e. The van der Waals surface area contributed by atoms with Crippen molar-refractivity contribution in [3.8, 4) is 6.01 Å². The van der Waals surface area contributed by atoms with E-state index >= 15 is 0 Å². The van der Waals surface area contributed by atoms with Gasteiger partial charge >= 0.3 is 6.01 Å². The van der Waals surface area contributed by atoms with Gasteiger partial charge in [-0.3, -0.25) is 0 Å². The number of rotatable bonds is 3. The Balaban J connectivity index is 2.10. The van der Waals surface area contributed by atoms with Gasteiger partial charge in [-0.25, -0.2) is 0 Å². The molecule has 1 fully saturated rings. The van der Waals surface area contributed by atoms with Gasteiger partial charge in [-0.1, -0.05) is 13.3 Å². The van der Waals surface area contributed by atoms with Gasteiger partial charge in [0.25, 0.3) is 0 Å². The Labute approximate surface area is 101 Å². The van der Waals surface area contributed by atoms with E-state index in [0.29, 0.717) is 5.95 Å². The Hall–Kier alpha value is -1.59. The van der Waals surface area contributed by atoms with Crippen LogP contribution in [-0.4, -0.2) is 35.2 Å². The SMILES string of the molecule is CCC1CCN(c2nc(N)nc(OC)n2)CC1. The molecule has 0 aliphatic carbocycles. The number of hydrogen-bond donors (Lipinski definition) is 1. The van der Waals surface area contributed by atoms with Gasteiger partial charge in [0, 0.05) is 13.1 Å². The highest BCUT2D eigenvalue weighted by molar-refractivity contribution is 5.36. The Morgan fingerprint density at radius 3 is 2.59 bits per heavy atom. The second kappa shape index (κ2) is 5.16. The zero-order valence-electron chi connectivity index (χ0n) is 10.4. The third-order valence-electron chi connectivity index (χ3n) is 3.28. The van der Waals surface area contributed by atoms with Gasteiger partial charge in [-0.15, -0.1) is 0 Å². The first-order valence-corrected chi connectivity index (χ1v) is 6.03. The molecule has 2 rings (SSSR count). The van der Waals surface area contributed by atoms with Crippen molar-refractivity contribution < 1.29 is 4.74 Å². The van der Waals surface area contributed by atoms with Gasteiger partial charge in [-0.2, -0.15) is 15.0 Å². The van der Waals surface area contributed by atoms with E-state index in [1.165, 1.54) is 26.4 Å². The van der Waals surface area contributed by atoms with Crippen LogP contribution in [0.2, 0.25) is 0 Å². The minimum atomic E-state index is 0.212. The summed E-state index contributed by atoms with van der Waals surface area (Å²) in [5.74, 6) is 1.67. The molecule has 2 heterocycles. The van der Waals surface area contributed by atoms with E-state index in [9.17, 15) is 0 Å². The fourth-order valence-electron chi connectivity index (χ4n) is 2.13. The predicted octanol–water partition coefficient (Wildman–Crippen LogP) is 1.09. The molecule has 1 saturated heterocycles. The molecule has 0 radical (unpaired) electrons. The van der Waals surface area contributed by atoms with Crippen LogP contribution in [-0.2, 0) is 0 Å². The lowest BCUT2D eigenvalue weighted by atomic mass is 9.95. The number of anilines is 2. The summed E-state index contributed by atoms with van der Waals surface area (Å²) in [5.41, 5.74) is 5.63. The molecule has 2 N–H and O–H groups in total. The van der Waals surface area contributed by atoms with Gasteiger partial charge in [0.2, 0.25) is 11.9 Å². The third-order valence-corrected chi connectivity index (χ3v) is 3.28. The Morgan fingerprint density at radius 2 is 2.00 bits per heavy atom. The molecule has 0 atom stereocenters. The smallest absolute Gasteiger partial charge is 0.322 e. The molecule has 1 aliphatic heterocycles. The molecule has 0 bridgehead atoms. The molecule has 0 saturated carbocycles. The summed E-state index contributed by atoms with van der Waals surface area (Å²) in [4.78, 5) is 14.4. The predicted molar refractivity (Wildman–Crippen MR) is 66.0 cm³/mol. The van der Waals surface area contributed by atoms with E-state index in [-0.39, 0.29) is 12.0 Å². The minimum Gasteiger partial charge on any atom is -0.467 e. The average Bonchev–Trinajstić information content (AvgIpc) is 2.38. The lowest BCUT2D eigenvalue weighted by Crippen LogP contribution is -2.35. The molecule has 0 spiro atoms. The van der Waals surface area contributed by atoms with Crippen molar-refractivity contribution in [1.82, 2.24) is 15.0 Å². The number of piperidine rings is 1. The van der Waals surface area contributed by atoms with Crippen LogP contribution < -0.4 is 15.4 Å². The molecule has 1 aromatic heterocycles. The van der Waals surface area contributed by atoms with Crippen molar-refractivity contribution in [2.75, 3.05) is 30.8 Å². The fourth-order valence-corrected chi connectivity index (χ4v) is 2.13. The summed E-state index contributed by atoms with van der Waals surface area (Å²) in [6.45, 7) is 4.19. The highest BCUT2D eigenvalue weighted by atomic mass is 16.5. The first-order chi connectivity index (χ1) is 8.22. The number of ether oxygens (including phenoxy) is 1. The molecule has 17 heavy (non-hydrogen) atoms. The van der Waals surface area contributed by atoms with Crippen molar-refractivity contribution in [1.29, 1.82) is 0 Å². The zero-order valence-corrected chi connectivity index (χ0v) is 10.4. The van der Waals surface area contributed by atoms with E-state index in [4.69, 9.17) is 10.5 Å². The molecule has 0 unspecified atom stereocenters. The second-order valence-electron chi connectivity index (χ2n) is 4.32. The molecule has 6 heteroatoms. The Kier molecular flexibility index (Phi) is 3.61. The normalized spacial score (nSPS) is 17.2. The monoisotopic (exact) mass is 237 g/mol. The summed E-state index contributed by atoms with van der Waals surface area (Å²) < 4.78 is 5.00. The van der Waals surface area contributed by atoms with Gasteiger partial charge in [0.15, 0.2) is 0 Å². The van der Waals surface area contributed by atoms with Crippen molar-refractivity contribution in [2.45, 2.75) is 26.2 Å². The van der Waals surface area contributed by atoms with Crippen LogP contribution in [0.15, 0.2) is 0 Å². The second-order valence-corrected chi connectivity index (χ2v) is 4.32. The van der Waals surface area contributed by atoms with Crippen molar-refractivity contribution in [3.63, 3.8) is 0 Å². The van der Waals surface area contributed by atoms with Crippen molar-refractivity contribution in [2.24, 2.45) is 5.92 Å². The quantitative estimate of drug-likeness (QED) is 0.848. The summed E-state index contributed by atoms with van der Waals surface area (Å²) >= 11 is 0. The molecule has 94 valence electrons. The molecule has 0 amide bonds. The van der Waals surface area contributed by atoms with E-state index in [1.807, 2.05) is 0 Å². The number of nitrogens with two attached hydrogens (primary N) is 1. The van der Waals surface area contributed by atoms with Gasteiger partial charge < -0.3 is 15.4 Å². The summed E-state index contributed by atoms with van der Waals surface area (Å²) in [6.07, 6.45) is 3.62. The van der Waals surface area contributed by atoms with E-state index < -0.39 is 0 Å². The van der Waals surface area contributed by atoms with Gasteiger partial charge in [0.05, 0.1) is 7.11 Å². The summed E-state index contributed by atoms with van der Waals surface area (Å²) in [5, 5.41) is 0. The van der Waals surface area contributed by atoms with Crippen LogP contribution in [0.3, 0.4) is 0 Å². The van der Waals surface area contributed by atoms with Crippen LogP contribution in [0.5, 0.6) is 6.01 Å². The molecule has 1 aliphatic rings.